The van der Waals surface area contributed by atoms with Gasteiger partial charge < -0.3 is 22.3 Å². The van der Waals surface area contributed by atoms with Crippen molar-refractivity contribution in [2.45, 2.75) is 52.4 Å². The van der Waals surface area contributed by atoms with Crippen LogP contribution in [0.3, 0.4) is 0 Å². The minimum atomic E-state index is 0. The summed E-state index contributed by atoms with van der Waals surface area (Å²) in [6.07, 6.45) is 7.96. The molecular weight excluding hydrogens is 240 g/mol. The van der Waals surface area contributed by atoms with Crippen LogP contribution in [0.2, 0.25) is 0 Å². The van der Waals surface area contributed by atoms with Crippen LogP contribution in [0.15, 0.2) is 6.07 Å². The van der Waals surface area contributed by atoms with Crippen LogP contribution in [-0.2, 0) is 47.4 Å². The first-order valence-corrected chi connectivity index (χ1v) is 5.66. The summed E-state index contributed by atoms with van der Waals surface area (Å²) in [5.74, 6) is 0. The predicted molar refractivity (Wildman–Crippen MR) is 76.7 cm³/mol. The van der Waals surface area contributed by atoms with Crippen molar-refractivity contribution in [2.75, 3.05) is 0 Å². The number of hydrogen-bond acceptors (Lipinski definition) is 0. The standard InChI is InChI=1S/C13H19.3CH3.Ti/c1-3-10-9-11(4-2)13-8-6-5-7-12(10)13;;;;/h9H,3-8H2,1-2H3;3*1H3;/q4*-1;+4. The molecule has 0 atom stereocenters. The summed E-state index contributed by atoms with van der Waals surface area (Å²) < 4.78 is 0. The van der Waals surface area contributed by atoms with E-state index in [1.807, 2.05) is 0 Å². The molecule has 0 nitrogen and oxygen atoms in total. The summed E-state index contributed by atoms with van der Waals surface area (Å²) >= 11 is 0. The molecule has 17 heavy (non-hydrogen) atoms. The third kappa shape index (κ3) is 4.34. The zero-order valence-corrected chi connectivity index (χ0v) is 13.9. The Bertz CT molecular complexity index is 268. The molecule has 0 fully saturated rings. The molecule has 2 rings (SSSR count). The van der Waals surface area contributed by atoms with Crippen molar-refractivity contribution in [2.24, 2.45) is 0 Å². The van der Waals surface area contributed by atoms with Gasteiger partial charge in [0.25, 0.3) is 0 Å². The molecule has 0 saturated carbocycles. The van der Waals surface area contributed by atoms with Crippen LogP contribution in [0.5, 0.6) is 0 Å². The molecular formula is C16H28Ti. The van der Waals surface area contributed by atoms with E-state index >= 15 is 0 Å². The molecule has 1 aromatic rings. The first-order valence-electron chi connectivity index (χ1n) is 5.66. The average molecular weight is 268 g/mol. The van der Waals surface area contributed by atoms with Gasteiger partial charge in [0.05, 0.1) is 0 Å². The maximum absolute atomic E-state index is 2.45. The molecule has 0 bridgehead atoms. The van der Waals surface area contributed by atoms with E-state index in [-0.39, 0.29) is 44.0 Å². The molecule has 0 spiro atoms. The van der Waals surface area contributed by atoms with E-state index in [2.05, 4.69) is 19.9 Å². The molecule has 0 heterocycles. The summed E-state index contributed by atoms with van der Waals surface area (Å²) in [7, 11) is 0. The van der Waals surface area contributed by atoms with Gasteiger partial charge in [0.1, 0.15) is 0 Å². The Kier molecular flexibility index (Phi) is 13.1. The van der Waals surface area contributed by atoms with Crippen molar-refractivity contribution >= 4 is 0 Å². The van der Waals surface area contributed by atoms with E-state index in [4.69, 9.17) is 0 Å². The zero-order chi connectivity index (χ0) is 9.26. The summed E-state index contributed by atoms with van der Waals surface area (Å²) in [5, 5.41) is 0. The van der Waals surface area contributed by atoms with Crippen LogP contribution in [0.4, 0.5) is 0 Å². The van der Waals surface area contributed by atoms with E-state index in [1.54, 1.807) is 22.3 Å². The number of rotatable bonds is 2. The largest absolute Gasteiger partial charge is 4.00 e. The van der Waals surface area contributed by atoms with Gasteiger partial charge in [0.15, 0.2) is 0 Å². The number of fused-ring (bicyclic) bond motifs is 1. The van der Waals surface area contributed by atoms with E-state index in [9.17, 15) is 0 Å². The van der Waals surface area contributed by atoms with E-state index < -0.39 is 0 Å². The van der Waals surface area contributed by atoms with Crippen LogP contribution in [0.1, 0.15) is 48.9 Å². The van der Waals surface area contributed by atoms with Crippen molar-refractivity contribution < 1.29 is 21.7 Å². The summed E-state index contributed by atoms with van der Waals surface area (Å²) in [4.78, 5) is 0. The Hall–Kier alpha value is 0.0643. The topological polar surface area (TPSA) is 0 Å². The molecule has 1 aromatic carbocycles. The maximum Gasteiger partial charge on any atom is 4.00 e. The normalized spacial score (nSPS) is 12.1. The van der Waals surface area contributed by atoms with Crippen molar-refractivity contribution in [1.82, 2.24) is 0 Å². The van der Waals surface area contributed by atoms with E-state index in [0.717, 1.165) is 0 Å². The van der Waals surface area contributed by atoms with Crippen LogP contribution >= 0.6 is 0 Å². The molecule has 0 unspecified atom stereocenters. The van der Waals surface area contributed by atoms with Gasteiger partial charge in [0.2, 0.25) is 0 Å². The third-order valence-electron chi connectivity index (χ3n) is 3.35. The van der Waals surface area contributed by atoms with Gasteiger partial charge in [-0.25, -0.2) is 0 Å². The van der Waals surface area contributed by atoms with Gasteiger partial charge in [-0.05, 0) is 0 Å². The van der Waals surface area contributed by atoms with Gasteiger partial charge in [-0.2, -0.15) is 28.3 Å². The fourth-order valence-corrected chi connectivity index (χ4v) is 2.63. The minimum Gasteiger partial charge on any atom is -0.358 e. The average Bonchev–Trinajstić information content (AvgIpc) is 2.56. The molecule has 1 heteroatoms. The third-order valence-corrected chi connectivity index (χ3v) is 3.35. The van der Waals surface area contributed by atoms with Gasteiger partial charge in [-0.15, -0.1) is 0 Å². The van der Waals surface area contributed by atoms with Gasteiger partial charge in [0, 0.05) is 0 Å². The molecule has 0 radical (unpaired) electrons. The second kappa shape index (κ2) is 10.0. The van der Waals surface area contributed by atoms with Gasteiger partial charge >= 0.3 is 21.7 Å². The monoisotopic (exact) mass is 268 g/mol. The second-order valence-corrected chi connectivity index (χ2v) is 4.07. The Labute approximate surface area is 124 Å². The summed E-state index contributed by atoms with van der Waals surface area (Å²) in [6, 6.07) is 2.45. The first kappa shape index (κ1) is 22.3. The zero-order valence-electron chi connectivity index (χ0n) is 12.3. The quantitative estimate of drug-likeness (QED) is 0.536. The molecule has 0 aliphatic heterocycles. The molecule has 0 aromatic heterocycles. The van der Waals surface area contributed by atoms with Crippen molar-refractivity contribution in [1.29, 1.82) is 0 Å². The van der Waals surface area contributed by atoms with E-state index in [1.165, 1.54) is 38.5 Å². The Morgan fingerprint density at radius 3 is 2.18 bits per heavy atom. The molecule has 1 aliphatic rings. The second-order valence-electron chi connectivity index (χ2n) is 4.07. The SMILES string of the molecule is CCc1c[c-](CC)c2c1CCCC2.[CH3-].[CH3-].[CH3-].[Ti+4]. The van der Waals surface area contributed by atoms with Crippen LogP contribution in [0.25, 0.3) is 0 Å². The molecule has 0 amide bonds. The molecule has 1 aliphatic carbocycles. The van der Waals surface area contributed by atoms with Crippen molar-refractivity contribution in [3.8, 4) is 0 Å². The minimum absolute atomic E-state index is 0. The Morgan fingerprint density at radius 2 is 1.65 bits per heavy atom. The van der Waals surface area contributed by atoms with Crippen LogP contribution in [-0.4, -0.2) is 0 Å². The summed E-state index contributed by atoms with van der Waals surface area (Å²) in [5.41, 5.74) is 6.69. The fraction of sp³-hybridized carbons (Fsp3) is 0.500. The molecule has 0 saturated heterocycles. The van der Waals surface area contributed by atoms with Crippen molar-refractivity contribution in [3.05, 3.63) is 50.6 Å². The molecule has 0 N–H and O–H groups in total. The van der Waals surface area contributed by atoms with Gasteiger partial charge in [-0.1, -0.05) is 52.4 Å². The van der Waals surface area contributed by atoms with E-state index in [0.29, 0.717) is 0 Å². The fourth-order valence-electron chi connectivity index (χ4n) is 2.63. The van der Waals surface area contributed by atoms with Crippen LogP contribution in [0, 0.1) is 22.3 Å². The maximum atomic E-state index is 2.45. The molecule has 96 valence electrons. The Balaban J connectivity index is -0.000000490. The number of aryl methyl sites for hydroxylation is 2. The summed E-state index contributed by atoms with van der Waals surface area (Å²) in [6.45, 7) is 4.56. The first-order chi connectivity index (χ1) is 6.36. The Morgan fingerprint density at radius 1 is 1.06 bits per heavy atom. The van der Waals surface area contributed by atoms with Crippen LogP contribution < -0.4 is 0 Å². The predicted octanol–water partition coefficient (Wildman–Crippen LogP) is 4.76. The smallest absolute Gasteiger partial charge is 0.358 e. The van der Waals surface area contributed by atoms with Gasteiger partial charge in [-0.3, -0.25) is 0 Å². The van der Waals surface area contributed by atoms with Crippen molar-refractivity contribution in [3.63, 3.8) is 0 Å². The number of hydrogen-bond donors (Lipinski definition) is 0.